The van der Waals surface area contributed by atoms with E-state index in [9.17, 15) is 0 Å². The fourth-order valence-corrected chi connectivity index (χ4v) is 5.50. The van der Waals surface area contributed by atoms with Crippen molar-refractivity contribution in [3.63, 3.8) is 0 Å². The molecular weight excluding hydrogens is 438 g/mol. The number of rotatable bonds is 17. The Morgan fingerprint density at radius 2 is 1.28 bits per heavy atom. The largest absolute Gasteiger partial charge is 0.378 e. The molecule has 1 aliphatic heterocycles. The number of nitrogens with zero attached hydrogens (tertiary/aromatic N) is 3. The lowest BCUT2D eigenvalue weighted by molar-refractivity contribution is 0.523. The van der Waals surface area contributed by atoms with E-state index in [2.05, 4.69) is 86.2 Å². The summed E-state index contributed by atoms with van der Waals surface area (Å²) in [5.74, 6) is 0. The van der Waals surface area contributed by atoms with Gasteiger partial charge in [0.1, 0.15) is 0 Å². The molecular formula is C33H53N3. The molecule has 36 heavy (non-hydrogen) atoms. The van der Waals surface area contributed by atoms with Crippen LogP contribution in [-0.4, -0.2) is 39.6 Å². The normalized spacial score (nSPS) is 14.6. The molecule has 3 heteroatoms. The number of benzene rings is 1. The third-order valence-corrected chi connectivity index (χ3v) is 7.84. The van der Waals surface area contributed by atoms with E-state index in [1.807, 2.05) is 0 Å². The molecule has 3 nitrogen and oxygen atoms in total. The molecule has 0 bridgehead atoms. The molecule has 0 unspecified atom stereocenters. The molecule has 0 spiro atoms. The molecule has 1 aromatic rings. The highest BCUT2D eigenvalue weighted by Gasteiger charge is 2.25. The van der Waals surface area contributed by atoms with Crippen LogP contribution in [0.15, 0.2) is 47.3 Å². The Morgan fingerprint density at radius 3 is 1.83 bits per heavy atom. The first-order valence-corrected chi connectivity index (χ1v) is 14.9. The number of hydrogen-bond acceptors (Lipinski definition) is 3. The molecule has 0 N–H and O–H groups in total. The molecule has 1 aromatic carbocycles. The van der Waals surface area contributed by atoms with Crippen LogP contribution < -0.4 is 9.80 Å². The quantitative estimate of drug-likeness (QED) is 0.201. The number of anilines is 2. The molecule has 0 radical (unpaired) electrons. The predicted molar refractivity (Wildman–Crippen MR) is 161 cm³/mol. The summed E-state index contributed by atoms with van der Waals surface area (Å²) in [4.78, 5) is 7.05. The molecule has 0 saturated heterocycles. The maximum atomic E-state index is 2.61. The molecule has 0 saturated carbocycles. The van der Waals surface area contributed by atoms with Gasteiger partial charge in [0.25, 0.3) is 0 Å². The van der Waals surface area contributed by atoms with E-state index in [1.54, 1.807) is 0 Å². The van der Waals surface area contributed by atoms with Crippen molar-refractivity contribution in [3.8, 4) is 0 Å². The first-order chi connectivity index (χ1) is 17.5. The number of allylic oxidation sites excluding steroid dienone is 3. The van der Waals surface area contributed by atoms with Gasteiger partial charge < -0.3 is 14.7 Å². The Kier molecular flexibility index (Phi) is 12.0. The number of hydrogen-bond donors (Lipinski definition) is 0. The standard InChI is InChI=1S/C33H53N3/c1-6-7-8-9-10-11-12-13-14-15-16-17-18-19-24-36-32-26-30(34(2)3)22-20-28(32)25-29-21-23-31(35(4)5)27-33(29)36/h20,22-23,25-27H,6-19,21,24H2,1-5H3. The molecule has 0 atom stereocenters. The van der Waals surface area contributed by atoms with Crippen molar-refractivity contribution in [1.82, 2.24) is 4.90 Å². The van der Waals surface area contributed by atoms with Gasteiger partial charge in [-0.25, -0.2) is 0 Å². The Labute approximate surface area is 222 Å². The van der Waals surface area contributed by atoms with Crippen LogP contribution >= 0.6 is 0 Å². The first-order valence-electron chi connectivity index (χ1n) is 14.9. The summed E-state index contributed by atoms with van der Waals surface area (Å²) in [6, 6.07) is 6.93. The van der Waals surface area contributed by atoms with Crippen LogP contribution in [0.1, 0.15) is 109 Å². The second kappa shape index (κ2) is 15.2. The summed E-state index contributed by atoms with van der Waals surface area (Å²) in [5, 5.41) is 0. The van der Waals surface area contributed by atoms with Crippen LogP contribution in [-0.2, 0) is 0 Å². The minimum atomic E-state index is 1.02. The smallest absolute Gasteiger partial charge is 0.0505 e. The fraction of sp³-hybridized carbons (Fsp3) is 0.636. The van der Waals surface area contributed by atoms with Gasteiger partial charge in [0.2, 0.25) is 0 Å². The van der Waals surface area contributed by atoms with Gasteiger partial charge >= 0.3 is 0 Å². The molecule has 0 amide bonds. The van der Waals surface area contributed by atoms with Gasteiger partial charge in [-0.1, -0.05) is 103 Å². The van der Waals surface area contributed by atoms with E-state index in [0.29, 0.717) is 0 Å². The maximum absolute atomic E-state index is 2.61. The summed E-state index contributed by atoms with van der Waals surface area (Å²) in [5.41, 5.74) is 8.18. The minimum absolute atomic E-state index is 1.02. The highest BCUT2D eigenvalue weighted by Crippen LogP contribution is 2.41. The van der Waals surface area contributed by atoms with Gasteiger partial charge in [-0.05, 0) is 48.3 Å². The van der Waals surface area contributed by atoms with E-state index < -0.39 is 0 Å². The van der Waals surface area contributed by atoms with Gasteiger partial charge in [0.15, 0.2) is 0 Å². The zero-order chi connectivity index (χ0) is 25.8. The van der Waals surface area contributed by atoms with Crippen LogP contribution in [0.2, 0.25) is 0 Å². The topological polar surface area (TPSA) is 9.72 Å². The van der Waals surface area contributed by atoms with Gasteiger partial charge in [-0.3, -0.25) is 0 Å². The SMILES string of the molecule is CCCCCCCCCCCCCCCCN1C2=CC(N(C)C)=CCC2=Cc2ccc(N(C)C)cc21. The zero-order valence-electron chi connectivity index (χ0n) is 24.1. The van der Waals surface area contributed by atoms with Crippen molar-refractivity contribution in [2.45, 2.75) is 103 Å². The van der Waals surface area contributed by atoms with E-state index in [1.165, 1.54) is 124 Å². The Bertz CT molecular complexity index is 890. The fourth-order valence-electron chi connectivity index (χ4n) is 5.50. The Hall–Kier alpha value is -2.16. The molecule has 0 fully saturated rings. The number of likely N-dealkylation sites (N-methyl/N-ethyl adjacent to an activating group) is 1. The van der Waals surface area contributed by atoms with Gasteiger partial charge in [-0.2, -0.15) is 0 Å². The van der Waals surface area contributed by atoms with Crippen LogP contribution in [0.25, 0.3) is 6.08 Å². The molecule has 200 valence electrons. The second-order valence-electron chi connectivity index (χ2n) is 11.3. The van der Waals surface area contributed by atoms with Gasteiger partial charge in [-0.15, -0.1) is 0 Å². The van der Waals surface area contributed by atoms with Crippen molar-refractivity contribution in [2.24, 2.45) is 0 Å². The minimum Gasteiger partial charge on any atom is -0.378 e. The van der Waals surface area contributed by atoms with Crippen molar-refractivity contribution in [3.05, 3.63) is 52.9 Å². The molecule has 1 heterocycles. The summed E-state index contributed by atoms with van der Waals surface area (Å²) in [6.07, 6.45) is 27.9. The highest BCUT2D eigenvalue weighted by molar-refractivity contribution is 5.83. The number of fused-ring (bicyclic) bond motifs is 2. The van der Waals surface area contributed by atoms with Crippen LogP contribution in [0.4, 0.5) is 11.4 Å². The third kappa shape index (κ3) is 8.46. The summed E-state index contributed by atoms with van der Waals surface area (Å²) >= 11 is 0. The molecule has 2 aliphatic rings. The van der Waals surface area contributed by atoms with E-state index >= 15 is 0 Å². The second-order valence-corrected chi connectivity index (χ2v) is 11.3. The zero-order valence-corrected chi connectivity index (χ0v) is 24.1. The van der Waals surface area contributed by atoms with Gasteiger partial charge in [0, 0.05) is 51.8 Å². The van der Waals surface area contributed by atoms with Crippen molar-refractivity contribution >= 4 is 17.5 Å². The summed E-state index contributed by atoms with van der Waals surface area (Å²) in [6.45, 7) is 3.40. The maximum Gasteiger partial charge on any atom is 0.0505 e. The van der Waals surface area contributed by atoms with Crippen LogP contribution in [0, 0.1) is 0 Å². The van der Waals surface area contributed by atoms with E-state index in [0.717, 1.165) is 13.0 Å². The van der Waals surface area contributed by atoms with Gasteiger partial charge in [0.05, 0.1) is 5.69 Å². The third-order valence-electron chi connectivity index (χ3n) is 7.84. The van der Waals surface area contributed by atoms with Crippen LogP contribution in [0.3, 0.4) is 0 Å². The highest BCUT2D eigenvalue weighted by atomic mass is 15.2. The molecule has 3 rings (SSSR count). The lowest BCUT2D eigenvalue weighted by atomic mass is 9.92. The summed E-state index contributed by atoms with van der Waals surface area (Å²) < 4.78 is 0. The lowest BCUT2D eigenvalue weighted by Crippen LogP contribution is -2.30. The Balaban J connectivity index is 1.45. The van der Waals surface area contributed by atoms with E-state index in [4.69, 9.17) is 0 Å². The van der Waals surface area contributed by atoms with Crippen LogP contribution in [0.5, 0.6) is 0 Å². The first kappa shape index (κ1) is 28.4. The van der Waals surface area contributed by atoms with Crippen molar-refractivity contribution < 1.29 is 0 Å². The van der Waals surface area contributed by atoms with E-state index in [-0.39, 0.29) is 0 Å². The van der Waals surface area contributed by atoms with Crippen molar-refractivity contribution in [1.29, 1.82) is 0 Å². The predicted octanol–water partition coefficient (Wildman–Crippen LogP) is 9.17. The number of unbranched alkanes of at least 4 members (excludes halogenated alkanes) is 13. The average Bonchev–Trinajstić information content (AvgIpc) is 2.87. The Morgan fingerprint density at radius 1 is 0.694 bits per heavy atom. The monoisotopic (exact) mass is 491 g/mol. The summed E-state index contributed by atoms with van der Waals surface area (Å²) in [7, 11) is 8.57. The average molecular weight is 492 g/mol. The van der Waals surface area contributed by atoms with Crippen molar-refractivity contribution in [2.75, 3.05) is 44.5 Å². The molecule has 1 aliphatic carbocycles. The molecule has 0 aromatic heterocycles. The lowest BCUT2D eigenvalue weighted by Gasteiger charge is -2.37.